The molecule has 1 saturated heterocycles. The standard InChI is InChI=1S/C10H15NO3/c1-11-8(12)6-9(11)14-10(13)7-4-2-3-5-7/h7,9H,2-6H2,1H3. The Morgan fingerprint density at radius 3 is 2.57 bits per heavy atom. The van der Waals surface area contributed by atoms with Crippen LogP contribution < -0.4 is 0 Å². The van der Waals surface area contributed by atoms with Crippen LogP contribution in [0.5, 0.6) is 0 Å². The third-order valence-corrected chi connectivity index (χ3v) is 3.12. The smallest absolute Gasteiger partial charge is 0.310 e. The predicted octanol–water partition coefficient (Wildman–Crippen LogP) is 0.908. The lowest BCUT2D eigenvalue weighted by Gasteiger charge is -2.36. The highest BCUT2D eigenvalue weighted by Crippen LogP contribution is 2.28. The first-order valence-corrected chi connectivity index (χ1v) is 5.14. The van der Waals surface area contributed by atoms with Gasteiger partial charge < -0.3 is 9.64 Å². The van der Waals surface area contributed by atoms with Crippen LogP contribution in [0.15, 0.2) is 0 Å². The Morgan fingerprint density at radius 1 is 1.43 bits per heavy atom. The molecular weight excluding hydrogens is 182 g/mol. The van der Waals surface area contributed by atoms with Gasteiger partial charge in [0.05, 0.1) is 12.3 Å². The normalized spacial score (nSPS) is 27.6. The molecule has 2 rings (SSSR count). The molecule has 78 valence electrons. The van der Waals surface area contributed by atoms with Crippen LogP contribution in [-0.4, -0.2) is 30.1 Å². The monoisotopic (exact) mass is 197 g/mol. The van der Waals surface area contributed by atoms with Crippen molar-refractivity contribution in [3.63, 3.8) is 0 Å². The van der Waals surface area contributed by atoms with Gasteiger partial charge in [0, 0.05) is 7.05 Å². The molecule has 0 aromatic carbocycles. The van der Waals surface area contributed by atoms with Gasteiger partial charge in [-0.1, -0.05) is 12.8 Å². The van der Waals surface area contributed by atoms with E-state index in [9.17, 15) is 9.59 Å². The number of nitrogens with zero attached hydrogens (tertiary/aromatic N) is 1. The van der Waals surface area contributed by atoms with E-state index in [0.29, 0.717) is 6.42 Å². The molecular formula is C10H15NO3. The summed E-state index contributed by atoms with van der Waals surface area (Å²) in [7, 11) is 1.67. The highest BCUT2D eigenvalue weighted by atomic mass is 16.6. The van der Waals surface area contributed by atoms with Gasteiger partial charge in [0.15, 0.2) is 6.23 Å². The second-order valence-electron chi connectivity index (χ2n) is 4.08. The molecule has 1 atom stereocenters. The first kappa shape index (κ1) is 9.49. The third-order valence-electron chi connectivity index (χ3n) is 3.12. The van der Waals surface area contributed by atoms with Crippen molar-refractivity contribution in [3.8, 4) is 0 Å². The zero-order valence-corrected chi connectivity index (χ0v) is 8.36. The summed E-state index contributed by atoms with van der Waals surface area (Å²) in [4.78, 5) is 23.9. The summed E-state index contributed by atoms with van der Waals surface area (Å²) in [6, 6.07) is 0. The van der Waals surface area contributed by atoms with Crippen molar-refractivity contribution in [2.45, 2.75) is 38.3 Å². The Kier molecular flexibility index (Phi) is 2.44. The number of likely N-dealkylation sites (tertiary alicyclic amines) is 1. The van der Waals surface area contributed by atoms with Gasteiger partial charge in [-0.15, -0.1) is 0 Å². The highest BCUT2D eigenvalue weighted by molar-refractivity contribution is 5.83. The molecule has 0 N–H and O–H groups in total. The minimum absolute atomic E-state index is 0.0502. The zero-order valence-electron chi connectivity index (χ0n) is 8.36. The molecule has 1 saturated carbocycles. The Labute approximate surface area is 83.2 Å². The van der Waals surface area contributed by atoms with Crippen LogP contribution in [0.4, 0.5) is 0 Å². The van der Waals surface area contributed by atoms with E-state index in [1.165, 1.54) is 4.90 Å². The maximum absolute atomic E-state index is 11.5. The van der Waals surface area contributed by atoms with Crippen LogP contribution in [0.1, 0.15) is 32.1 Å². The van der Waals surface area contributed by atoms with E-state index in [0.717, 1.165) is 25.7 Å². The molecule has 1 heterocycles. The molecule has 0 aromatic rings. The lowest BCUT2D eigenvalue weighted by Crippen LogP contribution is -2.52. The van der Waals surface area contributed by atoms with E-state index in [1.54, 1.807) is 7.05 Å². The second-order valence-corrected chi connectivity index (χ2v) is 4.08. The fraction of sp³-hybridized carbons (Fsp3) is 0.800. The number of rotatable bonds is 2. The molecule has 1 aliphatic heterocycles. The van der Waals surface area contributed by atoms with Crippen molar-refractivity contribution in [2.75, 3.05) is 7.05 Å². The molecule has 4 heteroatoms. The van der Waals surface area contributed by atoms with Crippen LogP contribution in [0.25, 0.3) is 0 Å². The van der Waals surface area contributed by atoms with Crippen LogP contribution in [0, 0.1) is 5.92 Å². The molecule has 2 aliphatic rings. The van der Waals surface area contributed by atoms with Gasteiger partial charge in [-0.05, 0) is 12.8 Å². The van der Waals surface area contributed by atoms with Gasteiger partial charge in [0.25, 0.3) is 0 Å². The largest absolute Gasteiger partial charge is 0.441 e. The quantitative estimate of drug-likeness (QED) is 0.488. The predicted molar refractivity (Wildman–Crippen MR) is 49.2 cm³/mol. The summed E-state index contributed by atoms with van der Waals surface area (Å²) in [5.74, 6) is 0.0140. The molecule has 14 heavy (non-hydrogen) atoms. The van der Waals surface area contributed by atoms with E-state index in [2.05, 4.69) is 0 Å². The molecule has 1 aliphatic carbocycles. The van der Waals surface area contributed by atoms with Gasteiger partial charge in [-0.25, -0.2) is 0 Å². The molecule has 4 nitrogen and oxygen atoms in total. The van der Waals surface area contributed by atoms with Gasteiger partial charge in [-0.3, -0.25) is 9.59 Å². The van der Waals surface area contributed by atoms with Crippen molar-refractivity contribution < 1.29 is 14.3 Å². The first-order chi connectivity index (χ1) is 6.68. The fourth-order valence-corrected chi connectivity index (χ4v) is 1.99. The summed E-state index contributed by atoms with van der Waals surface area (Å²) >= 11 is 0. The minimum Gasteiger partial charge on any atom is -0.441 e. The third kappa shape index (κ3) is 1.61. The van der Waals surface area contributed by atoms with Gasteiger partial charge in [-0.2, -0.15) is 0 Å². The van der Waals surface area contributed by atoms with Gasteiger partial charge in [0.1, 0.15) is 0 Å². The first-order valence-electron chi connectivity index (χ1n) is 5.14. The van der Waals surface area contributed by atoms with E-state index in [1.807, 2.05) is 0 Å². The van der Waals surface area contributed by atoms with Crippen LogP contribution in [-0.2, 0) is 14.3 Å². The molecule has 1 amide bonds. The number of ether oxygens (including phenoxy) is 1. The summed E-state index contributed by atoms with van der Waals surface area (Å²) in [5, 5.41) is 0. The molecule has 0 aromatic heterocycles. The highest BCUT2D eigenvalue weighted by Gasteiger charge is 2.37. The van der Waals surface area contributed by atoms with E-state index in [-0.39, 0.29) is 24.0 Å². The second kappa shape index (κ2) is 3.59. The average molecular weight is 197 g/mol. The van der Waals surface area contributed by atoms with Gasteiger partial charge in [0.2, 0.25) is 5.91 Å². The summed E-state index contributed by atoms with van der Waals surface area (Å²) in [6.45, 7) is 0. The lowest BCUT2D eigenvalue weighted by atomic mass is 10.1. The summed E-state index contributed by atoms with van der Waals surface area (Å²) < 4.78 is 5.22. The Morgan fingerprint density at radius 2 is 2.07 bits per heavy atom. The van der Waals surface area contributed by atoms with Gasteiger partial charge >= 0.3 is 5.97 Å². The maximum atomic E-state index is 11.5. The number of carbonyl (C=O) groups is 2. The minimum atomic E-state index is -0.296. The number of hydrogen-bond acceptors (Lipinski definition) is 3. The molecule has 0 radical (unpaired) electrons. The Bertz CT molecular complexity index is 258. The van der Waals surface area contributed by atoms with E-state index < -0.39 is 0 Å². The van der Waals surface area contributed by atoms with Crippen molar-refractivity contribution in [1.29, 1.82) is 0 Å². The Balaban J connectivity index is 1.80. The fourth-order valence-electron chi connectivity index (χ4n) is 1.99. The van der Waals surface area contributed by atoms with Crippen molar-refractivity contribution in [3.05, 3.63) is 0 Å². The number of amides is 1. The van der Waals surface area contributed by atoms with Crippen LogP contribution >= 0.6 is 0 Å². The Hall–Kier alpha value is -1.06. The number of hydrogen-bond donors (Lipinski definition) is 0. The lowest BCUT2D eigenvalue weighted by molar-refractivity contribution is -0.183. The molecule has 0 spiro atoms. The van der Waals surface area contributed by atoms with Crippen LogP contribution in [0.3, 0.4) is 0 Å². The molecule has 1 unspecified atom stereocenters. The average Bonchev–Trinajstić information content (AvgIpc) is 2.69. The zero-order chi connectivity index (χ0) is 10.1. The summed E-state index contributed by atoms with van der Waals surface area (Å²) in [6.07, 6.45) is 4.20. The van der Waals surface area contributed by atoms with Crippen molar-refractivity contribution in [1.82, 2.24) is 4.90 Å². The van der Waals surface area contributed by atoms with E-state index >= 15 is 0 Å². The SMILES string of the molecule is CN1C(=O)CC1OC(=O)C1CCCC1. The molecule has 2 fully saturated rings. The number of esters is 1. The number of β-lactam (4-membered cyclic amide) rings is 1. The van der Waals surface area contributed by atoms with Crippen LogP contribution in [0.2, 0.25) is 0 Å². The van der Waals surface area contributed by atoms with Crippen molar-refractivity contribution >= 4 is 11.9 Å². The topological polar surface area (TPSA) is 46.6 Å². The summed E-state index contributed by atoms with van der Waals surface area (Å²) in [5.41, 5.74) is 0. The molecule has 0 bridgehead atoms. The van der Waals surface area contributed by atoms with E-state index in [4.69, 9.17) is 4.74 Å². The maximum Gasteiger partial charge on any atom is 0.310 e. The van der Waals surface area contributed by atoms with Crippen molar-refractivity contribution in [2.24, 2.45) is 5.92 Å². The number of carbonyl (C=O) groups excluding carboxylic acids is 2.